The SMILES string of the molecule is COc1ccnc(-n2c3[c-]c(Oc4[c-]c(-n5nc(C)c(-c6c(C7CCCCC7)cccc6C6CCCCC6)c5C)cc(C)c4)ccc3c3ccccc32)c1.[Pd+2]. The molecule has 55 heavy (non-hydrogen) atoms. The van der Waals surface area contributed by atoms with Gasteiger partial charge in [0.05, 0.1) is 12.8 Å². The Morgan fingerprint density at radius 2 is 1.40 bits per heavy atom. The molecule has 0 unspecified atom stereocenters. The molecule has 2 fully saturated rings. The normalized spacial score (nSPS) is 15.3. The van der Waals surface area contributed by atoms with Crippen LogP contribution in [0.4, 0.5) is 0 Å². The van der Waals surface area contributed by atoms with Gasteiger partial charge in [-0.15, -0.1) is 35.7 Å². The first-order chi connectivity index (χ1) is 26.5. The Labute approximate surface area is 338 Å². The third-order valence-electron chi connectivity index (χ3n) is 11.9. The molecule has 2 aliphatic carbocycles. The summed E-state index contributed by atoms with van der Waals surface area (Å²) in [6.07, 6.45) is 14.9. The molecule has 2 aliphatic rings. The number of methoxy groups -OCH3 is 1. The molecule has 7 aromatic rings. The predicted molar refractivity (Wildman–Crippen MR) is 218 cm³/mol. The number of aromatic nitrogens is 4. The van der Waals surface area contributed by atoms with Crippen LogP contribution in [0.1, 0.15) is 104 Å². The molecule has 7 heteroatoms. The molecule has 0 aliphatic heterocycles. The predicted octanol–water partition coefficient (Wildman–Crippen LogP) is 12.5. The van der Waals surface area contributed by atoms with Crippen molar-refractivity contribution in [1.29, 1.82) is 0 Å². The van der Waals surface area contributed by atoms with Crippen LogP contribution in [-0.4, -0.2) is 26.4 Å². The van der Waals surface area contributed by atoms with Gasteiger partial charge in [-0.3, -0.25) is 4.68 Å². The molecule has 0 N–H and O–H groups in total. The average molecular weight is 819 g/mol. The van der Waals surface area contributed by atoms with Crippen LogP contribution < -0.4 is 9.47 Å². The van der Waals surface area contributed by atoms with E-state index in [4.69, 9.17) is 19.6 Å². The molecule has 282 valence electrons. The number of nitrogens with zero attached hydrogens (tertiary/aromatic N) is 4. The van der Waals surface area contributed by atoms with Gasteiger partial charge in [0.1, 0.15) is 11.6 Å². The first-order valence-corrected chi connectivity index (χ1v) is 19.8. The molecule has 0 radical (unpaired) electrons. The molecule has 3 aromatic heterocycles. The zero-order chi connectivity index (χ0) is 36.8. The summed E-state index contributed by atoms with van der Waals surface area (Å²) in [7, 11) is 1.67. The second-order valence-electron chi connectivity index (χ2n) is 15.4. The number of hydrogen-bond acceptors (Lipinski definition) is 4. The van der Waals surface area contributed by atoms with Gasteiger partial charge in [0.15, 0.2) is 0 Å². The van der Waals surface area contributed by atoms with Gasteiger partial charge in [-0.2, -0.15) is 16.7 Å². The van der Waals surface area contributed by atoms with Gasteiger partial charge in [-0.05, 0) is 91.3 Å². The number of hydrogen-bond donors (Lipinski definition) is 0. The Kier molecular flexibility index (Phi) is 10.7. The maximum absolute atomic E-state index is 6.61. The number of para-hydroxylation sites is 1. The minimum absolute atomic E-state index is 0. The van der Waals surface area contributed by atoms with Crippen molar-refractivity contribution in [2.45, 2.75) is 96.8 Å². The molecule has 0 atom stereocenters. The molecular formula is C48H48N4O2Pd. The number of rotatable bonds is 8. The topological polar surface area (TPSA) is 54.1 Å². The molecule has 6 nitrogen and oxygen atoms in total. The van der Waals surface area contributed by atoms with E-state index in [0.29, 0.717) is 23.3 Å². The maximum atomic E-state index is 6.61. The molecule has 3 heterocycles. The van der Waals surface area contributed by atoms with Gasteiger partial charge in [0.25, 0.3) is 0 Å². The van der Waals surface area contributed by atoms with Crippen molar-refractivity contribution < 1.29 is 29.9 Å². The fraction of sp³-hybridized carbons (Fsp3) is 0.333. The van der Waals surface area contributed by atoms with Crippen molar-refractivity contribution in [2.75, 3.05) is 7.11 Å². The fourth-order valence-corrected chi connectivity index (χ4v) is 9.39. The first kappa shape index (κ1) is 37.2. The molecule has 0 spiro atoms. The van der Waals surface area contributed by atoms with E-state index >= 15 is 0 Å². The van der Waals surface area contributed by atoms with Crippen molar-refractivity contribution in [3.63, 3.8) is 0 Å². The minimum Gasteiger partial charge on any atom is -0.509 e. The van der Waals surface area contributed by atoms with Crippen molar-refractivity contribution in [3.8, 4) is 39.9 Å². The van der Waals surface area contributed by atoms with E-state index in [9.17, 15) is 0 Å². The molecular weight excluding hydrogens is 771 g/mol. The third kappa shape index (κ3) is 7.03. The van der Waals surface area contributed by atoms with Crippen LogP contribution in [0.3, 0.4) is 0 Å². The Morgan fingerprint density at radius 3 is 2.11 bits per heavy atom. The number of fused-ring (bicyclic) bond motifs is 3. The maximum Gasteiger partial charge on any atom is 2.00 e. The van der Waals surface area contributed by atoms with Gasteiger partial charge >= 0.3 is 20.4 Å². The van der Waals surface area contributed by atoms with Gasteiger partial charge in [0, 0.05) is 40.5 Å². The van der Waals surface area contributed by atoms with Gasteiger partial charge in [-0.25, -0.2) is 4.98 Å². The number of pyridine rings is 1. The van der Waals surface area contributed by atoms with Gasteiger partial charge in [-0.1, -0.05) is 87.4 Å². The van der Waals surface area contributed by atoms with E-state index in [-0.39, 0.29) is 20.4 Å². The van der Waals surface area contributed by atoms with E-state index in [1.165, 1.54) is 86.5 Å². The van der Waals surface area contributed by atoms with E-state index in [2.05, 4.69) is 90.7 Å². The van der Waals surface area contributed by atoms with Gasteiger partial charge < -0.3 is 14.0 Å². The molecule has 0 bridgehead atoms. The van der Waals surface area contributed by atoms with Crippen LogP contribution in [-0.2, 0) is 20.4 Å². The Bertz CT molecular complexity index is 2450. The second kappa shape index (κ2) is 15.8. The van der Waals surface area contributed by atoms with E-state index < -0.39 is 0 Å². The largest absolute Gasteiger partial charge is 2.00 e. The van der Waals surface area contributed by atoms with Crippen molar-refractivity contribution in [2.24, 2.45) is 0 Å². The summed E-state index contributed by atoms with van der Waals surface area (Å²) in [6.45, 7) is 6.53. The van der Waals surface area contributed by atoms with Crippen LogP contribution in [0.2, 0.25) is 0 Å². The summed E-state index contributed by atoms with van der Waals surface area (Å²) in [4.78, 5) is 4.71. The number of ether oxygens (including phenoxy) is 2. The molecule has 0 amide bonds. The smallest absolute Gasteiger partial charge is 0.509 e. The van der Waals surface area contributed by atoms with Crippen molar-refractivity contribution in [1.82, 2.24) is 19.3 Å². The summed E-state index contributed by atoms with van der Waals surface area (Å²) in [6, 6.07) is 34.8. The molecule has 4 aromatic carbocycles. The second-order valence-corrected chi connectivity index (χ2v) is 15.4. The fourth-order valence-electron chi connectivity index (χ4n) is 9.39. The molecule has 2 saturated carbocycles. The monoisotopic (exact) mass is 818 g/mol. The van der Waals surface area contributed by atoms with Crippen LogP contribution in [0.5, 0.6) is 17.2 Å². The summed E-state index contributed by atoms with van der Waals surface area (Å²) in [5.74, 6) is 3.96. The van der Waals surface area contributed by atoms with Gasteiger partial charge in [0.2, 0.25) is 0 Å². The zero-order valence-electron chi connectivity index (χ0n) is 32.2. The summed E-state index contributed by atoms with van der Waals surface area (Å²) < 4.78 is 16.4. The standard InChI is InChI=1S/C48H48N4O2.Pd/c1-31-26-36(52-33(3)47(32(2)50-52)48-40(34-14-7-5-8-15-34)19-13-20-41(48)35-16-9-6-10-17-35)28-39(27-31)54-38-22-23-43-42-18-11-12-21-44(42)51(45(43)29-38)46-30-37(53-4)24-25-49-46;/h11-13,18-27,30,34-35H,5-10,14-17H2,1-4H3;/q-2;+2. The van der Waals surface area contributed by atoms with E-state index in [0.717, 1.165) is 56.0 Å². The van der Waals surface area contributed by atoms with Crippen LogP contribution in [0.25, 0.3) is 44.4 Å². The van der Waals surface area contributed by atoms with Crippen LogP contribution >= 0.6 is 0 Å². The summed E-state index contributed by atoms with van der Waals surface area (Å²) in [5, 5.41) is 7.45. The summed E-state index contributed by atoms with van der Waals surface area (Å²) >= 11 is 0. The Balaban J connectivity index is 0.00000427. The quantitative estimate of drug-likeness (QED) is 0.113. The van der Waals surface area contributed by atoms with E-state index in [1.807, 2.05) is 30.3 Å². The Morgan fingerprint density at radius 1 is 0.691 bits per heavy atom. The first-order valence-electron chi connectivity index (χ1n) is 19.8. The third-order valence-corrected chi connectivity index (χ3v) is 11.9. The average Bonchev–Trinajstić information content (AvgIpc) is 3.70. The van der Waals surface area contributed by atoms with Crippen molar-refractivity contribution in [3.05, 3.63) is 125 Å². The van der Waals surface area contributed by atoms with Crippen LogP contribution in [0.15, 0.2) is 85.1 Å². The van der Waals surface area contributed by atoms with E-state index in [1.54, 1.807) is 13.3 Å². The number of aryl methyl sites for hydroxylation is 2. The zero-order valence-corrected chi connectivity index (χ0v) is 33.8. The number of benzene rings is 4. The van der Waals surface area contributed by atoms with Crippen LogP contribution in [0, 0.1) is 32.9 Å². The molecule has 0 saturated heterocycles. The summed E-state index contributed by atoms with van der Waals surface area (Å²) in [5.41, 5.74) is 11.9. The molecule has 9 rings (SSSR count). The van der Waals surface area contributed by atoms with Crippen molar-refractivity contribution >= 4 is 21.8 Å². The Hall–Kier alpha value is -4.70. The minimum atomic E-state index is 0.